The van der Waals surface area contributed by atoms with Gasteiger partial charge in [-0.05, 0) is 43.4 Å². The van der Waals surface area contributed by atoms with Crippen LogP contribution in [0.2, 0.25) is 0 Å². The van der Waals surface area contributed by atoms with Gasteiger partial charge in [-0.25, -0.2) is 0 Å². The Bertz CT molecular complexity index is 740. The molecule has 2 aliphatic heterocycles. The monoisotopic (exact) mass is 389 g/mol. The van der Waals surface area contributed by atoms with Gasteiger partial charge in [0.05, 0.1) is 19.5 Å². The van der Waals surface area contributed by atoms with Gasteiger partial charge < -0.3 is 14.4 Å². The van der Waals surface area contributed by atoms with E-state index in [-0.39, 0.29) is 0 Å². The largest absolute Gasteiger partial charge is 0.508 e. The Morgan fingerprint density at radius 3 is 2.61 bits per heavy atom. The lowest BCUT2D eigenvalue weighted by molar-refractivity contribution is -0.922. The van der Waals surface area contributed by atoms with Crippen LogP contribution in [0.1, 0.15) is 71.6 Å². The highest BCUT2D eigenvalue weighted by molar-refractivity contribution is 5.84. The summed E-state index contributed by atoms with van der Waals surface area (Å²) in [5, 5.41) is 11.0. The first-order chi connectivity index (χ1) is 13.6. The summed E-state index contributed by atoms with van der Waals surface area (Å²) in [6.07, 6.45) is 3.93. The number of nitrogens with zero attached hydrogens (tertiary/aromatic N) is 1. The maximum Gasteiger partial charge on any atom is 0.153 e. The number of furan rings is 1. The number of piperidine rings is 1. The van der Waals surface area contributed by atoms with E-state index in [9.17, 15) is 5.11 Å². The first-order valence-electron chi connectivity index (χ1n) is 11.4. The van der Waals surface area contributed by atoms with E-state index in [1.165, 1.54) is 37.3 Å². The molecule has 5 atom stereocenters. The number of phenolic OH excluding ortho intramolecular Hbond substituents is 1. The topological polar surface area (TPSA) is 41.0 Å². The van der Waals surface area contributed by atoms with E-state index in [2.05, 4.69) is 25.8 Å². The van der Waals surface area contributed by atoms with Gasteiger partial charge in [0.2, 0.25) is 0 Å². The van der Waals surface area contributed by atoms with Crippen molar-refractivity contribution in [2.75, 3.05) is 26.7 Å². The fourth-order valence-electron chi connectivity index (χ4n) is 5.05. The van der Waals surface area contributed by atoms with Gasteiger partial charge >= 0.3 is 0 Å². The highest BCUT2D eigenvalue weighted by Crippen LogP contribution is 2.42. The predicted molar refractivity (Wildman–Crippen MR) is 118 cm³/mol. The predicted octanol–water partition coefficient (Wildman–Crippen LogP) is 4.42. The Kier molecular flexibility index (Phi) is 8.38. The van der Waals surface area contributed by atoms with Crippen molar-refractivity contribution >= 4 is 11.0 Å². The number of fused-ring (bicyclic) bond motifs is 6. The van der Waals surface area contributed by atoms with Gasteiger partial charge in [0.25, 0.3) is 0 Å². The van der Waals surface area contributed by atoms with Crippen LogP contribution in [0.5, 0.6) is 5.75 Å². The zero-order valence-electron chi connectivity index (χ0n) is 19.0. The quantitative estimate of drug-likeness (QED) is 0.816. The summed E-state index contributed by atoms with van der Waals surface area (Å²) in [4.78, 5) is 4.29. The average Bonchev–Trinajstić information content (AvgIpc) is 3.02. The van der Waals surface area contributed by atoms with E-state index in [1.807, 2.05) is 39.8 Å². The van der Waals surface area contributed by atoms with Gasteiger partial charge in [0, 0.05) is 24.0 Å². The SMILES string of the molecule is CC.CC.CCC[NH+](C)C1C2C[C@H](C)CN1CCc1c2oc2ccc(O)cc12. The summed E-state index contributed by atoms with van der Waals surface area (Å²) in [5.74, 6) is 2.67. The fourth-order valence-corrected chi connectivity index (χ4v) is 5.05. The van der Waals surface area contributed by atoms with Gasteiger partial charge in [-0.3, -0.25) is 4.90 Å². The molecule has 1 aromatic heterocycles. The Labute approximate surface area is 171 Å². The van der Waals surface area contributed by atoms with Crippen LogP contribution in [0.15, 0.2) is 22.6 Å². The lowest BCUT2D eigenvalue weighted by Gasteiger charge is -2.43. The molecule has 0 radical (unpaired) electrons. The summed E-state index contributed by atoms with van der Waals surface area (Å²) in [6, 6.07) is 5.52. The Balaban J connectivity index is 0.000000660. The molecule has 1 fully saturated rings. The smallest absolute Gasteiger partial charge is 0.153 e. The fraction of sp³-hybridized carbons (Fsp3) is 0.667. The molecular formula is C24H41N2O2+. The van der Waals surface area contributed by atoms with Gasteiger partial charge in [-0.2, -0.15) is 0 Å². The maximum absolute atomic E-state index is 9.90. The first-order valence-corrected chi connectivity index (χ1v) is 11.4. The van der Waals surface area contributed by atoms with E-state index < -0.39 is 0 Å². The highest BCUT2D eigenvalue weighted by atomic mass is 16.3. The van der Waals surface area contributed by atoms with Crippen LogP contribution in [-0.2, 0) is 6.42 Å². The van der Waals surface area contributed by atoms with Crippen molar-refractivity contribution in [3.63, 3.8) is 0 Å². The lowest BCUT2D eigenvalue weighted by atomic mass is 9.85. The second-order valence-electron chi connectivity index (χ2n) is 7.86. The molecule has 4 heteroatoms. The minimum atomic E-state index is 0.331. The molecular weight excluding hydrogens is 348 g/mol. The number of aromatic hydroxyl groups is 1. The van der Waals surface area contributed by atoms with E-state index in [4.69, 9.17) is 4.42 Å². The van der Waals surface area contributed by atoms with E-state index in [1.54, 1.807) is 11.0 Å². The van der Waals surface area contributed by atoms with Crippen LogP contribution in [-0.4, -0.2) is 42.9 Å². The molecule has 3 heterocycles. The molecule has 2 bridgehead atoms. The maximum atomic E-state index is 9.90. The molecule has 1 saturated heterocycles. The Morgan fingerprint density at radius 1 is 1.21 bits per heavy atom. The minimum Gasteiger partial charge on any atom is -0.508 e. The molecule has 4 rings (SSSR count). The standard InChI is InChI=1S/C20H28N2O2.2C2H6/c1-4-8-21(3)20-17-10-13(2)12-22(20)9-7-15-16-11-14(23)5-6-18(16)24-19(15)17;2*1-2/h5-6,11,13,17,20,23H,4,7-10,12H2,1-3H3;2*1-2H3/p+1/t13-,17?,20?;;/m0../s1. The van der Waals surface area contributed by atoms with E-state index >= 15 is 0 Å². The number of hydrogen-bond acceptors (Lipinski definition) is 3. The highest BCUT2D eigenvalue weighted by Gasteiger charge is 2.45. The van der Waals surface area contributed by atoms with Crippen molar-refractivity contribution in [3.8, 4) is 5.75 Å². The third-order valence-corrected chi connectivity index (χ3v) is 5.92. The third kappa shape index (κ3) is 4.38. The summed E-state index contributed by atoms with van der Waals surface area (Å²) in [7, 11) is 2.34. The van der Waals surface area contributed by atoms with Crippen molar-refractivity contribution < 1.29 is 14.4 Å². The third-order valence-electron chi connectivity index (χ3n) is 5.92. The van der Waals surface area contributed by atoms with Crippen molar-refractivity contribution in [1.82, 2.24) is 4.90 Å². The summed E-state index contributed by atoms with van der Waals surface area (Å²) >= 11 is 0. The van der Waals surface area contributed by atoms with Crippen LogP contribution in [0.3, 0.4) is 0 Å². The number of phenols is 1. The summed E-state index contributed by atoms with van der Waals surface area (Å²) < 4.78 is 6.37. The second-order valence-corrected chi connectivity index (χ2v) is 7.86. The van der Waals surface area contributed by atoms with Crippen molar-refractivity contribution in [3.05, 3.63) is 29.5 Å². The number of nitrogens with one attached hydrogen (secondary N) is 1. The molecule has 158 valence electrons. The van der Waals surface area contributed by atoms with Gasteiger partial charge in [-0.1, -0.05) is 41.5 Å². The van der Waals surface area contributed by atoms with Gasteiger partial charge in [0.15, 0.2) is 6.17 Å². The van der Waals surface area contributed by atoms with Crippen LogP contribution >= 0.6 is 0 Å². The summed E-state index contributed by atoms with van der Waals surface area (Å²) in [5.41, 5.74) is 2.26. The van der Waals surface area contributed by atoms with Crippen LogP contribution in [0.25, 0.3) is 11.0 Å². The number of hydrogen-bond donors (Lipinski definition) is 2. The van der Waals surface area contributed by atoms with Crippen LogP contribution in [0.4, 0.5) is 0 Å². The molecule has 0 aliphatic carbocycles. The van der Waals surface area contributed by atoms with Gasteiger partial charge in [0.1, 0.15) is 17.1 Å². The zero-order valence-corrected chi connectivity index (χ0v) is 19.0. The van der Waals surface area contributed by atoms with Crippen molar-refractivity contribution in [1.29, 1.82) is 0 Å². The molecule has 2 aliphatic rings. The molecule has 0 amide bonds. The number of likely N-dealkylation sites (N-methyl/N-ethyl adjacent to an activating group) is 1. The normalized spacial score (nSPS) is 26.8. The number of quaternary nitrogens is 1. The molecule has 0 spiro atoms. The number of benzene rings is 1. The number of rotatable bonds is 3. The van der Waals surface area contributed by atoms with E-state index in [0.717, 1.165) is 23.9 Å². The Hall–Kier alpha value is -1.52. The molecule has 1 aromatic carbocycles. The Morgan fingerprint density at radius 2 is 1.93 bits per heavy atom. The zero-order chi connectivity index (χ0) is 20.8. The summed E-state index contributed by atoms with van der Waals surface area (Å²) in [6.45, 7) is 16.1. The second kappa shape index (κ2) is 10.3. The minimum absolute atomic E-state index is 0.331. The molecule has 2 N–H and O–H groups in total. The van der Waals surface area contributed by atoms with Crippen molar-refractivity contribution in [2.45, 2.75) is 72.9 Å². The van der Waals surface area contributed by atoms with Crippen molar-refractivity contribution in [2.24, 2.45) is 5.92 Å². The molecule has 2 aromatic rings. The lowest BCUT2D eigenvalue weighted by Crippen LogP contribution is -3.15. The average molecular weight is 390 g/mol. The molecule has 4 nitrogen and oxygen atoms in total. The molecule has 28 heavy (non-hydrogen) atoms. The van der Waals surface area contributed by atoms with Crippen LogP contribution in [0, 0.1) is 5.92 Å². The molecule has 0 saturated carbocycles. The van der Waals surface area contributed by atoms with Gasteiger partial charge in [-0.15, -0.1) is 0 Å². The first kappa shape index (κ1) is 22.8. The van der Waals surface area contributed by atoms with E-state index in [0.29, 0.717) is 23.8 Å². The molecule has 4 unspecified atom stereocenters. The van der Waals surface area contributed by atoms with Crippen LogP contribution < -0.4 is 4.90 Å².